The average molecular weight is 282 g/mol. The van der Waals surface area contributed by atoms with Gasteiger partial charge in [0, 0.05) is 13.1 Å². The zero-order chi connectivity index (χ0) is 13.4. The van der Waals surface area contributed by atoms with Gasteiger partial charge in [0.05, 0.1) is 25.5 Å². The van der Waals surface area contributed by atoms with E-state index in [1.54, 1.807) is 23.1 Å². The molecule has 7 nitrogen and oxygen atoms in total. The third kappa shape index (κ3) is 2.41. The Hall–Kier alpha value is -2.02. The van der Waals surface area contributed by atoms with E-state index < -0.39 is 0 Å². The lowest BCUT2D eigenvalue weighted by Gasteiger charge is -2.39. The summed E-state index contributed by atoms with van der Waals surface area (Å²) in [6.45, 7) is 1.27. The van der Waals surface area contributed by atoms with Crippen molar-refractivity contribution >= 4 is 17.3 Å². The summed E-state index contributed by atoms with van der Waals surface area (Å²) in [6, 6.07) is 1.56. The number of rotatable bonds is 3. The highest BCUT2D eigenvalue weighted by Gasteiger charge is 2.30. The lowest BCUT2D eigenvalue weighted by Crippen LogP contribution is -2.55. The first-order valence-electron chi connectivity index (χ1n) is 5.77. The van der Waals surface area contributed by atoms with Crippen molar-refractivity contribution in [3.8, 4) is 5.75 Å². The van der Waals surface area contributed by atoms with Crippen LogP contribution in [0.2, 0.25) is 5.15 Å². The van der Waals surface area contributed by atoms with E-state index >= 15 is 0 Å². The van der Waals surface area contributed by atoms with E-state index in [4.69, 9.17) is 16.3 Å². The molecule has 0 spiro atoms. The molecule has 8 heteroatoms. The molecular weight excluding hydrogens is 270 g/mol. The van der Waals surface area contributed by atoms with Crippen molar-refractivity contribution in [1.29, 1.82) is 0 Å². The highest BCUT2D eigenvalue weighted by molar-refractivity contribution is 6.29. The van der Waals surface area contributed by atoms with E-state index in [2.05, 4.69) is 15.3 Å². The number of H-pyrrole nitrogens is 1. The Balaban J connectivity index is 1.63. The van der Waals surface area contributed by atoms with Crippen molar-refractivity contribution in [2.75, 3.05) is 18.0 Å². The first-order chi connectivity index (χ1) is 9.11. The number of nitrogens with one attached hydrogen (secondary N) is 1. The van der Waals surface area contributed by atoms with Gasteiger partial charge in [-0.25, -0.2) is 5.10 Å². The number of ether oxygens (including phenoxy) is 1. The molecule has 0 amide bonds. The summed E-state index contributed by atoms with van der Waals surface area (Å²) in [6.07, 6.45) is 3.52. The molecule has 1 saturated heterocycles. The Morgan fingerprint density at radius 3 is 3.00 bits per heavy atom. The second-order valence-electron chi connectivity index (χ2n) is 4.40. The molecule has 19 heavy (non-hydrogen) atoms. The maximum Gasteiger partial charge on any atom is 0.287 e. The molecule has 0 saturated carbocycles. The van der Waals surface area contributed by atoms with Gasteiger partial charge in [-0.2, -0.15) is 10.2 Å². The van der Waals surface area contributed by atoms with Crippen LogP contribution in [0.4, 0.5) is 5.69 Å². The number of hydrogen-bond donors (Lipinski definition) is 1. The number of aryl methyl sites for hydroxylation is 1. The summed E-state index contributed by atoms with van der Waals surface area (Å²) in [5.41, 5.74) is 0.273. The van der Waals surface area contributed by atoms with Gasteiger partial charge in [0.25, 0.3) is 5.56 Å². The van der Waals surface area contributed by atoms with Gasteiger partial charge in [-0.1, -0.05) is 11.6 Å². The van der Waals surface area contributed by atoms with E-state index in [-0.39, 0.29) is 16.8 Å². The highest BCUT2D eigenvalue weighted by atomic mass is 35.5. The van der Waals surface area contributed by atoms with E-state index in [1.807, 2.05) is 11.9 Å². The third-order valence-electron chi connectivity index (χ3n) is 2.93. The molecule has 100 valence electrons. The quantitative estimate of drug-likeness (QED) is 0.883. The number of anilines is 1. The average Bonchev–Trinajstić information content (AvgIpc) is 2.73. The first-order valence-corrected chi connectivity index (χ1v) is 6.15. The fourth-order valence-corrected chi connectivity index (χ4v) is 2.11. The molecule has 1 fully saturated rings. The molecule has 0 atom stereocenters. The number of aromatic amines is 1. The molecular formula is C11H12ClN5O2. The van der Waals surface area contributed by atoms with Gasteiger partial charge in [-0.3, -0.25) is 9.48 Å². The van der Waals surface area contributed by atoms with Gasteiger partial charge >= 0.3 is 0 Å². The normalized spacial score (nSPS) is 15.4. The predicted octanol–water partition coefficient (Wildman–Crippen LogP) is 0.424. The van der Waals surface area contributed by atoms with Gasteiger partial charge in [0.2, 0.25) is 0 Å². The van der Waals surface area contributed by atoms with Crippen LogP contribution < -0.4 is 15.2 Å². The molecule has 1 aliphatic heterocycles. The van der Waals surface area contributed by atoms with Crippen LogP contribution in [0.1, 0.15) is 0 Å². The summed E-state index contributed by atoms with van der Waals surface area (Å²) in [7, 11) is 1.83. The minimum absolute atomic E-state index is 0.0514. The number of aromatic nitrogens is 4. The minimum Gasteiger partial charge on any atom is -0.483 e. The monoisotopic (exact) mass is 281 g/mol. The van der Waals surface area contributed by atoms with Crippen LogP contribution in [0.5, 0.6) is 5.75 Å². The maximum atomic E-state index is 11.6. The Morgan fingerprint density at radius 1 is 1.53 bits per heavy atom. The van der Waals surface area contributed by atoms with Gasteiger partial charge in [-0.15, -0.1) is 0 Å². The molecule has 2 aromatic heterocycles. The van der Waals surface area contributed by atoms with Crippen molar-refractivity contribution in [1.82, 2.24) is 20.0 Å². The largest absolute Gasteiger partial charge is 0.483 e. The Morgan fingerprint density at radius 2 is 2.32 bits per heavy atom. The number of nitrogens with zero attached hydrogens (tertiary/aromatic N) is 4. The van der Waals surface area contributed by atoms with Gasteiger partial charge < -0.3 is 9.64 Å². The molecule has 0 aliphatic carbocycles. The smallest absolute Gasteiger partial charge is 0.287 e. The molecule has 1 aliphatic rings. The maximum absolute atomic E-state index is 11.6. The van der Waals surface area contributed by atoms with Crippen LogP contribution in [0, 0.1) is 0 Å². The van der Waals surface area contributed by atoms with Gasteiger partial charge in [0.1, 0.15) is 11.8 Å². The molecule has 3 rings (SSSR count). The lowest BCUT2D eigenvalue weighted by atomic mass is 10.1. The topological polar surface area (TPSA) is 76.0 Å². The Kier molecular flexibility index (Phi) is 2.90. The highest BCUT2D eigenvalue weighted by Crippen LogP contribution is 2.22. The predicted molar refractivity (Wildman–Crippen MR) is 69.7 cm³/mol. The summed E-state index contributed by atoms with van der Waals surface area (Å²) in [5, 5.41) is 10.3. The third-order valence-corrected chi connectivity index (χ3v) is 3.12. The zero-order valence-electron chi connectivity index (χ0n) is 10.2. The van der Waals surface area contributed by atoms with Crippen LogP contribution in [0.15, 0.2) is 23.3 Å². The van der Waals surface area contributed by atoms with Gasteiger partial charge in [0.15, 0.2) is 10.9 Å². The van der Waals surface area contributed by atoms with Crippen molar-refractivity contribution < 1.29 is 4.74 Å². The lowest BCUT2D eigenvalue weighted by molar-refractivity contribution is 0.167. The van der Waals surface area contributed by atoms with Crippen molar-refractivity contribution in [3.05, 3.63) is 34.0 Å². The van der Waals surface area contributed by atoms with Crippen LogP contribution in [-0.4, -0.2) is 39.2 Å². The molecule has 0 aromatic carbocycles. The summed E-state index contributed by atoms with van der Waals surface area (Å²) in [4.78, 5) is 13.5. The summed E-state index contributed by atoms with van der Waals surface area (Å²) >= 11 is 5.76. The van der Waals surface area contributed by atoms with E-state index in [0.717, 1.165) is 5.75 Å². The number of halogens is 1. The first kappa shape index (κ1) is 12.0. The molecule has 0 bridgehead atoms. The summed E-state index contributed by atoms with van der Waals surface area (Å²) in [5.74, 6) is 0.730. The van der Waals surface area contributed by atoms with E-state index in [1.165, 1.54) is 0 Å². The van der Waals surface area contributed by atoms with Crippen LogP contribution in [0.3, 0.4) is 0 Å². The molecule has 0 radical (unpaired) electrons. The number of hydrogen-bond acceptors (Lipinski definition) is 5. The van der Waals surface area contributed by atoms with E-state index in [0.29, 0.717) is 18.8 Å². The Bertz CT molecular complexity index is 647. The second kappa shape index (κ2) is 4.58. The fraction of sp³-hybridized carbons (Fsp3) is 0.364. The van der Waals surface area contributed by atoms with E-state index in [9.17, 15) is 4.79 Å². The van der Waals surface area contributed by atoms with Crippen molar-refractivity contribution in [2.45, 2.75) is 6.10 Å². The molecule has 3 heterocycles. The van der Waals surface area contributed by atoms with Crippen molar-refractivity contribution in [3.63, 3.8) is 0 Å². The SMILES string of the molecule is Cn1cc(OC2CN(c3cc(Cl)n[nH]c3=O)C2)cn1. The Labute approximate surface area is 113 Å². The fourth-order valence-electron chi connectivity index (χ4n) is 1.97. The second-order valence-corrected chi connectivity index (χ2v) is 4.79. The van der Waals surface area contributed by atoms with Crippen LogP contribution in [0.25, 0.3) is 0 Å². The van der Waals surface area contributed by atoms with Crippen molar-refractivity contribution in [2.24, 2.45) is 7.05 Å². The summed E-state index contributed by atoms with van der Waals surface area (Å²) < 4.78 is 7.39. The van der Waals surface area contributed by atoms with Gasteiger partial charge in [-0.05, 0) is 0 Å². The molecule has 2 aromatic rings. The standard InChI is InChI=1S/C11H12ClN5O2/c1-16-4-7(3-13-16)19-8-5-17(6-8)9-2-10(12)14-15-11(9)18/h2-4,8H,5-6H2,1H3,(H,15,18). The molecule has 1 N–H and O–H groups in total. The van der Waals surface area contributed by atoms with Crippen LogP contribution >= 0.6 is 11.6 Å². The zero-order valence-corrected chi connectivity index (χ0v) is 11.0. The molecule has 0 unspecified atom stereocenters. The minimum atomic E-state index is -0.246. The van der Waals surface area contributed by atoms with Crippen LogP contribution in [-0.2, 0) is 7.05 Å².